The maximum Gasteiger partial charge on any atom is 0.270 e. The average Bonchev–Trinajstić information content (AvgIpc) is 3.31. The Labute approximate surface area is 130 Å². The Morgan fingerprint density at radius 1 is 1.27 bits per heavy atom. The first-order chi connectivity index (χ1) is 10.3. The van der Waals surface area contributed by atoms with E-state index in [0.29, 0.717) is 11.5 Å². The summed E-state index contributed by atoms with van der Waals surface area (Å²) in [6.07, 6.45) is 3.89. The minimum absolute atomic E-state index is 0.0313. The third-order valence-electron chi connectivity index (χ3n) is 4.55. The molecular weight excluding hydrogens is 304 g/mol. The van der Waals surface area contributed by atoms with Gasteiger partial charge in [0.05, 0.1) is 9.82 Å². The smallest absolute Gasteiger partial charge is 0.258 e. The summed E-state index contributed by atoms with van der Waals surface area (Å²) >= 11 is 0. The number of aryl methyl sites for hydroxylation is 1. The lowest BCUT2D eigenvalue weighted by Gasteiger charge is -2.29. The van der Waals surface area contributed by atoms with E-state index in [1.54, 1.807) is 11.2 Å². The van der Waals surface area contributed by atoms with Crippen LogP contribution in [0.1, 0.15) is 38.2 Å². The summed E-state index contributed by atoms with van der Waals surface area (Å²) in [5.74, 6) is 0.425. The van der Waals surface area contributed by atoms with E-state index < -0.39 is 14.9 Å². The van der Waals surface area contributed by atoms with Gasteiger partial charge in [-0.15, -0.1) is 0 Å². The largest absolute Gasteiger partial charge is 0.270 e. The van der Waals surface area contributed by atoms with Crippen LogP contribution in [-0.4, -0.2) is 29.7 Å². The van der Waals surface area contributed by atoms with Crippen molar-refractivity contribution in [2.45, 2.75) is 56.5 Å². The van der Waals surface area contributed by atoms with Crippen molar-refractivity contribution in [3.05, 3.63) is 33.9 Å². The van der Waals surface area contributed by atoms with Gasteiger partial charge in [-0.25, -0.2) is 8.42 Å². The SMILES string of the molecule is Cc1ccc([N+](=O)[O-])cc1S(=O)(=O)N(C1CC1)[C@H](C)C1CC1. The topological polar surface area (TPSA) is 80.5 Å². The fraction of sp³-hybridized carbons (Fsp3) is 0.600. The van der Waals surface area contributed by atoms with Crippen LogP contribution in [0.5, 0.6) is 0 Å². The standard InChI is InChI=1S/C15H20N2O4S/c1-10-3-6-14(17(18)19)9-15(10)22(20,21)16(13-7-8-13)11(2)12-4-5-12/h3,6,9,11-13H,4-5,7-8H2,1-2H3/t11-/m1/s1. The molecule has 0 heterocycles. The molecule has 2 aliphatic carbocycles. The van der Waals surface area contributed by atoms with Gasteiger partial charge in [0.2, 0.25) is 10.0 Å². The molecule has 120 valence electrons. The van der Waals surface area contributed by atoms with Gasteiger partial charge in [-0.05, 0) is 51.0 Å². The molecule has 2 aliphatic rings. The monoisotopic (exact) mass is 324 g/mol. The zero-order valence-electron chi connectivity index (χ0n) is 12.7. The maximum absolute atomic E-state index is 13.1. The lowest BCUT2D eigenvalue weighted by atomic mass is 10.2. The number of hydrogen-bond donors (Lipinski definition) is 0. The zero-order valence-corrected chi connectivity index (χ0v) is 13.5. The molecule has 22 heavy (non-hydrogen) atoms. The third-order valence-corrected chi connectivity index (χ3v) is 6.73. The number of benzene rings is 1. The maximum atomic E-state index is 13.1. The van der Waals surface area contributed by atoms with Crippen molar-refractivity contribution < 1.29 is 13.3 Å². The molecule has 0 saturated heterocycles. The van der Waals surface area contributed by atoms with Crippen molar-refractivity contribution in [2.75, 3.05) is 0 Å². The zero-order chi connectivity index (χ0) is 16.1. The lowest BCUT2D eigenvalue weighted by Crippen LogP contribution is -2.41. The van der Waals surface area contributed by atoms with E-state index in [9.17, 15) is 18.5 Å². The molecule has 0 unspecified atom stereocenters. The molecule has 0 aromatic heterocycles. The summed E-state index contributed by atoms with van der Waals surface area (Å²) in [5, 5.41) is 11.0. The van der Waals surface area contributed by atoms with E-state index in [4.69, 9.17) is 0 Å². The van der Waals surface area contributed by atoms with E-state index >= 15 is 0 Å². The quantitative estimate of drug-likeness (QED) is 0.595. The number of sulfonamides is 1. The second kappa shape index (κ2) is 5.31. The van der Waals surface area contributed by atoms with Gasteiger partial charge in [-0.3, -0.25) is 10.1 Å². The Hall–Kier alpha value is -1.47. The molecule has 0 N–H and O–H groups in total. The van der Waals surface area contributed by atoms with E-state index in [1.807, 2.05) is 6.92 Å². The van der Waals surface area contributed by atoms with Crippen molar-refractivity contribution >= 4 is 15.7 Å². The summed E-state index contributed by atoms with van der Waals surface area (Å²) in [4.78, 5) is 10.5. The Kier molecular flexibility index (Phi) is 3.72. The molecular formula is C15H20N2O4S. The first-order valence-corrected chi connectivity index (χ1v) is 9.05. The van der Waals surface area contributed by atoms with Crippen LogP contribution in [-0.2, 0) is 10.0 Å². The van der Waals surface area contributed by atoms with Crippen LogP contribution in [0.4, 0.5) is 5.69 Å². The fourth-order valence-electron chi connectivity index (χ4n) is 2.96. The predicted molar refractivity (Wildman–Crippen MR) is 82.1 cm³/mol. The van der Waals surface area contributed by atoms with E-state index in [-0.39, 0.29) is 22.7 Å². The van der Waals surface area contributed by atoms with Gasteiger partial charge < -0.3 is 0 Å². The van der Waals surface area contributed by atoms with Gasteiger partial charge >= 0.3 is 0 Å². The van der Waals surface area contributed by atoms with Crippen LogP contribution in [0.3, 0.4) is 0 Å². The molecule has 6 nitrogen and oxygen atoms in total. The van der Waals surface area contributed by atoms with Crippen LogP contribution < -0.4 is 0 Å². The van der Waals surface area contributed by atoms with Gasteiger partial charge in [0.15, 0.2) is 0 Å². The van der Waals surface area contributed by atoms with Crippen LogP contribution in [0, 0.1) is 23.0 Å². The minimum atomic E-state index is -3.70. The number of nitrogens with zero attached hydrogens (tertiary/aromatic N) is 2. The molecule has 7 heteroatoms. The number of non-ortho nitro benzene ring substituents is 1. The van der Waals surface area contributed by atoms with Crippen LogP contribution in [0.25, 0.3) is 0 Å². The molecule has 1 aromatic rings. The number of hydrogen-bond acceptors (Lipinski definition) is 4. The van der Waals surface area contributed by atoms with E-state index in [1.165, 1.54) is 18.2 Å². The number of nitro groups is 1. The van der Waals surface area contributed by atoms with Gasteiger partial charge in [-0.1, -0.05) is 6.07 Å². The van der Waals surface area contributed by atoms with Crippen molar-refractivity contribution in [2.24, 2.45) is 5.92 Å². The van der Waals surface area contributed by atoms with Crippen molar-refractivity contribution in [3.63, 3.8) is 0 Å². The summed E-state index contributed by atoms with van der Waals surface area (Å²) < 4.78 is 27.8. The highest BCUT2D eigenvalue weighted by Gasteiger charge is 2.46. The predicted octanol–water partition coefficient (Wildman–Crippen LogP) is 2.85. The van der Waals surface area contributed by atoms with Crippen LogP contribution >= 0.6 is 0 Å². The fourth-order valence-corrected chi connectivity index (χ4v) is 5.14. The highest BCUT2D eigenvalue weighted by molar-refractivity contribution is 7.89. The second-order valence-electron chi connectivity index (χ2n) is 6.35. The van der Waals surface area contributed by atoms with Gasteiger partial charge in [0.25, 0.3) is 5.69 Å². The third kappa shape index (κ3) is 2.75. The highest BCUT2D eigenvalue weighted by atomic mass is 32.2. The molecule has 3 rings (SSSR count). The van der Waals surface area contributed by atoms with E-state index in [2.05, 4.69) is 0 Å². The van der Waals surface area contributed by atoms with E-state index in [0.717, 1.165) is 25.7 Å². The Morgan fingerprint density at radius 3 is 2.41 bits per heavy atom. The van der Waals surface area contributed by atoms with Crippen LogP contribution in [0.2, 0.25) is 0 Å². The minimum Gasteiger partial charge on any atom is -0.258 e. The average molecular weight is 324 g/mol. The van der Waals surface area contributed by atoms with Crippen molar-refractivity contribution in [1.82, 2.24) is 4.31 Å². The number of nitro benzene ring substituents is 1. The van der Waals surface area contributed by atoms with Crippen molar-refractivity contribution in [1.29, 1.82) is 0 Å². The molecule has 0 amide bonds. The molecule has 2 fully saturated rings. The van der Waals surface area contributed by atoms with Gasteiger partial charge in [0.1, 0.15) is 0 Å². The van der Waals surface area contributed by atoms with Gasteiger partial charge in [0, 0.05) is 24.2 Å². The second-order valence-corrected chi connectivity index (χ2v) is 8.16. The van der Waals surface area contributed by atoms with Crippen molar-refractivity contribution in [3.8, 4) is 0 Å². The summed E-state index contributed by atoms with van der Waals surface area (Å²) in [5.41, 5.74) is 0.373. The lowest BCUT2D eigenvalue weighted by molar-refractivity contribution is -0.385. The van der Waals surface area contributed by atoms with Crippen LogP contribution in [0.15, 0.2) is 23.1 Å². The molecule has 0 radical (unpaired) electrons. The Balaban J connectivity index is 2.03. The normalized spacial score (nSPS) is 20.1. The molecule has 2 saturated carbocycles. The Morgan fingerprint density at radius 2 is 1.91 bits per heavy atom. The Bertz CT molecular complexity index is 708. The van der Waals surface area contributed by atoms with Gasteiger partial charge in [-0.2, -0.15) is 4.31 Å². The number of rotatable bonds is 6. The molecule has 1 atom stereocenters. The molecule has 0 bridgehead atoms. The summed E-state index contributed by atoms with van der Waals surface area (Å²) in [6, 6.07) is 4.08. The highest BCUT2D eigenvalue weighted by Crippen LogP contribution is 2.43. The summed E-state index contributed by atoms with van der Waals surface area (Å²) in [6.45, 7) is 3.64. The first kappa shape index (κ1) is 15.4. The summed E-state index contributed by atoms with van der Waals surface area (Å²) in [7, 11) is -3.70. The molecule has 0 spiro atoms. The first-order valence-electron chi connectivity index (χ1n) is 7.61. The molecule has 0 aliphatic heterocycles. The molecule has 1 aromatic carbocycles.